The number of nitrogens with zero attached hydrogens (tertiary/aromatic N) is 1. The van der Waals surface area contributed by atoms with E-state index >= 15 is 0 Å². The number of carbonyl (C=O) groups excluding carboxylic acids is 1. The van der Waals surface area contributed by atoms with E-state index in [4.69, 9.17) is 0 Å². The number of aryl methyl sites for hydroxylation is 1. The molecule has 1 aromatic heterocycles. The third-order valence-electron chi connectivity index (χ3n) is 2.58. The summed E-state index contributed by atoms with van der Waals surface area (Å²) in [4.78, 5) is 15.5. The maximum absolute atomic E-state index is 11.5. The van der Waals surface area contributed by atoms with Gasteiger partial charge in [0.2, 0.25) is 0 Å². The number of carbonyl (C=O) groups is 1. The number of aromatic nitrogens is 1. The van der Waals surface area contributed by atoms with Gasteiger partial charge in [-0.2, -0.15) is 0 Å². The van der Waals surface area contributed by atoms with Gasteiger partial charge in [0, 0.05) is 24.9 Å². The molecule has 1 heterocycles. The lowest BCUT2D eigenvalue weighted by atomic mass is 10.1. The lowest BCUT2D eigenvalue weighted by Crippen LogP contribution is -2.24. The highest BCUT2D eigenvalue weighted by molar-refractivity contribution is 5.80. The Balaban J connectivity index is 1.66. The molecule has 0 aliphatic heterocycles. The van der Waals surface area contributed by atoms with Crippen LogP contribution in [0.1, 0.15) is 24.8 Å². The molecule has 2 rings (SSSR count). The molecule has 1 N–H and O–H groups in total. The molecule has 0 amide bonds. The molecule has 0 radical (unpaired) electrons. The van der Waals surface area contributed by atoms with Crippen LogP contribution in [-0.4, -0.2) is 23.4 Å². The number of nitrogens with one attached hydrogen (secondary N) is 1. The van der Waals surface area contributed by atoms with Gasteiger partial charge in [-0.05, 0) is 30.9 Å². The summed E-state index contributed by atoms with van der Waals surface area (Å²) in [5, 5.41) is 3.23. The molecule has 1 aliphatic carbocycles. The zero-order valence-corrected chi connectivity index (χ0v) is 8.78. The van der Waals surface area contributed by atoms with Gasteiger partial charge >= 0.3 is 0 Å². The molecule has 15 heavy (non-hydrogen) atoms. The van der Waals surface area contributed by atoms with E-state index in [9.17, 15) is 4.79 Å². The zero-order chi connectivity index (χ0) is 10.5. The van der Waals surface area contributed by atoms with Gasteiger partial charge in [-0.15, -0.1) is 0 Å². The monoisotopic (exact) mass is 204 g/mol. The first-order valence-electron chi connectivity index (χ1n) is 5.48. The Morgan fingerprint density at radius 1 is 1.53 bits per heavy atom. The SMILES string of the molecule is O=C(CCc1cccnc1)CNC1CC1. The van der Waals surface area contributed by atoms with Crippen LogP contribution in [0.2, 0.25) is 0 Å². The van der Waals surface area contributed by atoms with Crippen molar-refractivity contribution in [1.29, 1.82) is 0 Å². The molecule has 1 saturated carbocycles. The predicted molar refractivity (Wildman–Crippen MR) is 58.6 cm³/mol. The molecule has 1 fully saturated rings. The average molecular weight is 204 g/mol. The minimum atomic E-state index is 0.297. The maximum atomic E-state index is 11.5. The Bertz CT molecular complexity index is 320. The number of Topliss-reactive ketones (excluding diaryl/α,β-unsaturated/α-hetero) is 1. The van der Waals surface area contributed by atoms with Crippen molar-refractivity contribution in [2.75, 3.05) is 6.54 Å². The topological polar surface area (TPSA) is 42.0 Å². The summed E-state index contributed by atoms with van der Waals surface area (Å²) in [6.07, 6.45) is 7.46. The quantitative estimate of drug-likeness (QED) is 0.760. The van der Waals surface area contributed by atoms with Crippen molar-refractivity contribution < 1.29 is 4.79 Å². The molecule has 0 unspecified atom stereocenters. The first kappa shape index (κ1) is 10.3. The van der Waals surface area contributed by atoms with Gasteiger partial charge in [-0.1, -0.05) is 6.07 Å². The van der Waals surface area contributed by atoms with Gasteiger partial charge in [0.05, 0.1) is 6.54 Å². The van der Waals surface area contributed by atoms with Crippen molar-refractivity contribution in [3.05, 3.63) is 30.1 Å². The standard InChI is InChI=1S/C12H16N2O/c15-12(9-14-11-4-5-11)6-3-10-2-1-7-13-8-10/h1-2,7-8,11,14H,3-6,9H2. The first-order valence-corrected chi connectivity index (χ1v) is 5.48. The summed E-state index contributed by atoms with van der Waals surface area (Å²) in [6, 6.07) is 4.53. The van der Waals surface area contributed by atoms with Gasteiger partial charge in [-0.3, -0.25) is 9.78 Å². The van der Waals surface area contributed by atoms with Crippen LogP contribution in [0.5, 0.6) is 0 Å². The lowest BCUT2D eigenvalue weighted by Gasteiger charge is -2.02. The normalized spacial score (nSPS) is 15.2. The third-order valence-corrected chi connectivity index (χ3v) is 2.58. The van der Waals surface area contributed by atoms with Crippen molar-refractivity contribution in [2.45, 2.75) is 31.7 Å². The van der Waals surface area contributed by atoms with Crippen LogP contribution in [-0.2, 0) is 11.2 Å². The molecular formula is C12H16N2O. The van der Waals surface area contributed by atoms with Crippen molar-refractivity contribution >= 4 is 5.78 Å². The van der Waals surface area contributed by atoms with E-state index < -0.39 is 0 Å². The second-order valence-corrected chi connectivity index (χ2v) is 4.06. The molecule has 1 aromatic rings. The Labute approximate surface area is 89.9 Å². The Hall–Kier alpha value is -1.22. The van der Waals surface area contributed by atoms with Gasteiger partial charge < -0.3 is 5.32 Å². The van der Waals surface area contributed by atoms with Gasteiger partial charge in [-0.25, -0.2) is 0 Å². The van der Waals surface area contributed by atoms with Crippen LogP contribution >= 0.6 is 0 Å². The molecular weight excluding hydrogens is 188 g/mol. The van der Waals surface area contributed by atoms with Crippen LogP contribution in [0, 0.1) is 0 Å². The molecule has 0 atom stereocenters. The number of ketones is 1. The van der Waals surface area contributed by atoms with Crippen LogP contribution < -0.4 is 5.32 Å². The van der Waals surface area contributed by atoms with E-state index in [2.05, 4.69) is 10.3 Å². The number of hydrogen-bond donors (Lipinski definition) is 1. The first-order chi connectivity index (χ1) is 7.34. The minimum absolute atomic E-state index is 0.297. The summed E-state index contributed by atoms with van der Waals surface area (Å²) in [5.74, 6) is 0.297. The number of hydrogen-bond acceptors (Lipinski definition) is 3. The summed E-state index contributed by atoms with van der Waals surface area (Å²) >= 11 is 0. The van der Waals surface area contributed by atoms with Crippen LogP contribution in [0.15, 0.2) is 24.5 Å². The fraction of sp³-hybridized carbons (Fsp3) is 0.500. The van der Waals surface area contributed by atoms with E-state index in [-0.39, 0.29) is 0 Å². The highest BCUT2D eigenvalue weighted by atomic mass is 16.1. The molecule has 0 spiro atoms. The predicted octanol–water partition coefficient (Wildman–Crippen LogP) is 1.34. The van der Waals surface area contributed by atoms with Crippen molar-refractivity contribution in [2.24, 2.45) is 0 Å². The molecule has 80 valence electrons. The van der Waals surface area contributed by atoms with Gasteiger partial charge in [0.15, 0.2) is 0 Å². The van der Waals surface area contributed by atoms with Gasteiger partial charge in [0.1, 0.15) is 5.78 Å². The van der Waals surface area contributed by atoms with Crippen LogP contribution in [0.4, 0.5) is 0 Å². The highest BCUT2D eigenvalue weighted by Crippen LogP contribution is 2.18. The fourth-order valence-electron chi connectivity index (χ4n) is 1.46. The second kappa shape index (κ2) is 5.03. The van der Waals surface area contributed by atoms with Crippen molar-refractivity contribution in [3.8, 4) is 0 Å². The Morgan fingerprint density at radius 2 is 2.40 bits per heavy atom. The molecule has 0 aromatic carbocycles. The van der Waals surface area contributed by atoms with Gasteiger partial charge in [0.25, 0.3) is 0 Å². The summed E-state index contributed by atoms with van der Waals surface area (Å²) in [7, 11) is 0. The second-order valence-electron chi connectivity index (χ2n) is 4.06. The smallest absolute Gasteiger partial charge is 0.146 e. The summed E-state index contributed by atoms with van der Waals surface area (Å²) in [5.41, 5.74) is 1.14. The van der Waals surface area contributed by atoms with Crippen LogP contribution in [0.3, 0.4) is 0 Å². The Morgan fingerprint density at radius 3 is 3.07 bits per heavy atom. The third kappa shape index (κ3) is 3.80. The van der Waals surface area contributed by atoms with Crippen LogP contribution in [0.25, 0.3) is 0 Å². The lowest BCUT2D eigenvalue weighted by molar-refractivity contribution is -0.118. The molecule has 0 bridgehead atoms. The number of pyridine rings is 1. The number of rotatable bonds is 6. The summed E-state index contributed by atoms with van der Waals surface area (Å²) < 4.78 is 0. The molecule has 0 saturated heterocycles. The van der Waals surface area contributed by atoms with E-state index in [0.29, 0.717) is 24.8 Å². The van der Waals surface area contributed by atoms with E-state index in [1.165, 1.54) is 12.8 Å². The van der Waals surface area contributed by atoms with E-state index in [0.717, 1.165) is 12.0 Å². The van der Waals surface area contributed by atoms with Crippen molar-refractivity contribution in [1.82, 2.24) is 10.3 Å². The van der Waals surface area contributed by atoms with Crippen molar-refractivity contribution in [3.63, 3.8) is 0 Å². The maximum Gasteiger partial charge on any atom is 0.146 e. The molecule has 3 nitrogen and oxygen atoms in total. The largest absolute Gasteiger partial charge is 0.307 e. The summed E-state index contributed by atoms with van der Waals surface area (Å²) in [6.45, 7) is 0.533. The molecule has 3 heteroatoms. The Kier molecular flexibility index (Phi) is 3.45. The fourth-order valence-corrected chi connectivity index (χ4v) is 1.46. The van der Waals surface area contributed by atoms with E-state index in [1.807, 2.05) is 18.3 Å². The minimum Gasteiger partial charge on any atom is -0.307 e. The highest BCUT2D eigenvalue weighted by Gasteiger charge is 2.20. The molecule has 1 aliphatic rings. The average Bonchev–Trinajstić information content (AvgIpc) is 3.09. The van der Waals surface area contributed by atoms with E-state index in [1.54, 1.807) is 6.20 Å². The zero-order valence-electron chi connectivity index (χ0n) is 8.78.